The highest BCUT2D eigenvalue weighted by molar-refractivity contribution is 6.07. The number of piperazine rings is 1. The number of ether oxygens (including phenoxy) is 3. The lowest BCUT2D eigenvalue weighted by Gasteiger charge is -2.40. The first kappa shape index (κ1) is 28.9. The largest absolute Gasteiger partial charge is 0.499 e. The molecule has 1 fully saturated rings. The normalized spacial score (nSPS) is 20.8. The average molecular weight is 543 g/mol. The first-order valence-electron chi connectivity index (χ1n) is 13.9. The second-order valence-corrected chi connectivity index (χ2v) is 11.2. The molecular weight excluding hydrogens is 499 g/mol. The van der Waals surface area contributed by atoms with Crippen molar-refractivity contribution in [1.29, 1.82) is 0 Å². The molecule has 1 aliphatic carbocycles. The third kappa shape index (κ3) is 5.78. The van der Waals surface area contributed by atoms with Gasteiger partial charge in [-0.3, -0.25) is 9.79 Å². The van der Waals surface area contributed by atoms with E-state index in [1.807, 2.05) is 30.9 Å². The Morgan fingerprint density at radius 2 is 1.87 bits per heavy atom. The summed E-state index contributed by atoms with van der Waals surface area (Å²) >= 11 is 0. The number of carbonyl (C=O) groups excluding carboxylic acids is 1. The highest BCUT2D eigenvalue weighted by Crippen LogP contribution is 2.43. The Bertz CT molecular complexity index is 1180. The molecule has 0 radical (unpaired) electrons. The smallest absolute Gasteiger partial charge is 0.197 e. The van der Waals surface area contributed by atoms with Gasteiger partial charge in [0.1, 0.15) is 11.6 Å². The van der Waals surface area contributed by atoms with Gasteiger partial charge in [-0.25, -0.2) is 4.39 Å². The summed E-state index contributed by atoms with van der Waals surface area (Å²) in [6.07, 6.45) is 2.61. The van der Waals surface area contributed by atoms with Gasteiger partial charge in [0, 0.05) is 45.7 Å². The van der Waals surface area contributed by atoms with Crippen LogP contribution in [0.15, 0.2) is 34.2 Å². The van der Waals surface area contributed by atoms with E-state index in [-0.39, 0.29) is 29.4 Å². The van der Waals surface area contributed by atoms with E-state index < -0.39 is 5.82 Å². The standard InChI is InChI=1S/C30H43FN4O4/c1-8-38-24-16-20-17-35(29(32-6)25(20)26(31)28(24)39-9-2)18-23(36)19-14-21(30(3,4)5)27(37-7)22(15-19)34-12-10-33-11-13-34/h15-16,21,33H,8-14,17-18H2,1-7H3/b32-29-. The third-order valence-corrected chi connectivity index (χ3v) is 7.67. The number of hydrogen-bond donors (Lipinski definition) is 1. The van der Waals surface area contributed by atoms with Gasteiger partial charge >= 0.3 is 0 Å². The van der Waals surface area contributed by atoms with Crippen LogP contribution in [0.4, 0.5) is 4.39 Å². The molecule has 0 bridgehead atoms. The number of fused-ring (bicyclic) bond motifs is 1. The fourth-order valence-electron chi connectivity index (χ4n) is 5.74. The fraction of sp³-hybridized carbons (Fsp3) is 0.600. The number of nitrogens with one attached hydrogen (secondary N) is 1. The summed E-state index contributed by atoms with van der Waals surface area (Å²) in [6, 6.07) is 1.81. The van der Waals surface area contributed by atoms with E-state index in [9.17, 15) is 4.79 Å². The SMILES string of the molecule is CCOc1cc2c(c(F)c1OCC)/C(=N/C)N(CC(=O)C1=CC(N3CCNCC3)=C(OC)C(C(C)(C)C)C1)C2. The Kier molecular flexibility index (Phi) is 8.89. The zero-order valence-corrected chi connectivity index (χ0v) is 24.4. The molecule has 39 heavy (non-hydrogen) atoms. The van der Waals surface area contributed by atoms with E-state index >= 15 is 4.39 Å². The Morgan fingerprint density at radius 3 is 2.46 bits per heavy atom. The van der Waals surface area contributed by atoms with Crippen molar-refractivity contribution < 1.29 is 23.4 Å². The van der Waals surface area contributed by atoms with Crippen LogP contribution < -0.4 is 14.8 Å². The minimum absolute atomic E-state index is 0.0106. The van der Waals surface area contributed by atoms with Gasteiger partial charge in [-0.05, 0) is 49.0 Å². The van der Waals surface area contributed by atoms with Gasteiger partial charge in [0.2, 0.25) is 0 Å². The summed E-state index contributed by atoms with van der Waals surface area (Å²) in [5.41, 5.74) is 2.78. The third-order valence-electron chi connectivity index (χ3n) is 7.67. The molecule has 0 aromatic heterocycles. The summed E-state index contributed by atoms with van der Waals surface area (Å²) in [4.78, 5) is 22.5. The first-order valence-corrected chi connectivity index (χ1v) is 13.9. The number of Topliss-reactive ketones (excluding diaryl/α,β-unsaturated/α-hetero) is 1. The van der Waals surface area contributed by atoms with Gasteiger partial charge in [-0.2, -0.15) is 0 Å². The molecule has 214 valence electrons. The molecule has 2 aliphatic heterocycles. The molecule has 1 aromatic rings. The number of ketones is 1. The van der Waals surface area contributed by atoms with Crippen LogP contribution in [0.1, 0.15) is 52.2 Å². The molecule has 8 nitrogen and oxygen atoms in total. The minimum Gasteiger partial charge on any atom is -0.499 e. The van der Waals surface area contributed by atoms with E-state index in [1.165, 1.54) is 0 Å². The van der Waals surface area contributed by atoms with Gasteiger partial charge in [0.05, 0.1) is 38.1 Å². The molecular formula is C30H43FN4O4. The van der Waals surface area contributed by atoms with Crippen LogP contribution in [0.25, 0.3) is 0 Å². The lowest BCUT2D eigenvalue weighted by Crippen LogP contribution is -2.44. The number of methoxy groups -OCH3 is 1. The van der Waals surface area contributed by atoms with Crippen molar-refractivity contribution in [2.45, 2.75) is 47.6 Å². The van der Waals surface area contributed by atoms with Crippen molar-refractivity contribution >= 4 is 11.6 Å². The van der Waals surface area contributed by atoms with Crippen molar-refractivity contribution in [2.24, 2.45) is 16.3 Å². The van der Waals surface area contributed by atoms with Crippen molar-refractivity contribution in [3.63, 3.8) is 0 Å². The summed E-state index contributed by atoms with van der Waals surface area (Å²) in [6.45, 7) is 14.9. The number of halogens is 1. The number of hydrogen-bond acceptors (Lipinski definition) is 7. The molecule has 1 N–H and O–H groups in total. The quantitative estimate of drug-likeness (QED) is 0.503. The maximum Gasteiger partial charge on any atom is 0.197 e. The van der Waals surface area contributed by atoms with Crippen LogP contribution in [0.2, 0.25) is 0 Å². The summed E-state index contributed by atoms with van der Waals surface area (Å²) in [7, 11) is 3.35. The number of nitrogens with zero attached hydrogens (tertiary/aromatic N) is 3. The second kappa shape index (κ2) is 12.0. The van der Waals surface area contributed by atoms with Crippen LogP contribution in [-0.2, 0) is 16.1 Å². The maximum absolute atomic E-state index is 15.7. The molecule has 0 saturated carbocycles. The Morgan fingerprint density at radius 1 is 1.18 bits per heavy atom. The molecule has 0 amide bonds. The van der Waals surface area contributed by atoms with Crippen molar-refractivity contribution in [3.05, 3.63) is 46.1 Å². The Labute approximate surface area is 231 Å². The number of benzene rings is 1. The summed E-state index contributed by atoms with van der Waals surface area (Å²) < 4.78 is 33.0. The predicted octanol–water partition coefficient (Wildman–Crippen LogP) is 4.14. The zero-order chi connectivity index (χ0) is 28.3. The predicted molar refractivity (Wildman–Crippen MR) is 151 cm³/mol. The molecule has 2 heterocycles. The van der Waals surface area contributed by atoms with Crippen LogP contribution in [0.5, 0.6) is 11.5 Å². The number of amidine groups is 1. The summed E-state index contributed by atoms with van der Waals surface area (Å²) in [5, 5.41) is 3.40. The van der Waals surface area contributed by atoms with Gasteiger partial charge in [0.25, 0.3) is 0 Å². The lowest BCUT2D eigenvalue weighted by molar-refractivity contribution is -0.116. The van der Waals surface area contributed by atoms with Crippen LogP contribution >= 0.6 is 0 Å². The van der Waals surface area contributed by atoms with E-state index in [2.05, 4.69) is 36.0 Å². The molecule has 1 unspecified atom stereocenters. The van der Waals surface area contributed by atoms with Crippen LogP contribution in [0, 0.1) is 17.2 Å². The highest BCUT2D eigenvalue weighted by Gasteiger charge is 2.39. The maximum atomic E-state index is 15.7. The second-order valence-electron chi connectivity index (χ2n) is 11.2. The van der Waals surface area contributed by atoms with Crippen LogP contribution in [0.3, 0.4) is 0 Å². The molecule has 4 rings (SSSR count). The molecule has 0 spiro atoms. The van der Waals surface area contributed by atoms with Crippen molar-refractivity contribution in [1.82, 2.24) is 15.1 Å². The summed E-state index contributed by atoms with van der Waals surface area (Å²) in [5.74, 6) is 1.45. The monoisotopic (exact) mass is 542 g/mol. The highest BCUT2D eigenvalue weighted by atomic mass is 19.1. The number of allylic oxidation sites excluding steroid dienone is 2. The van der Waals surface area contributed by atoms with Gasteiger partial charge in [-0.15, -0.1) is 0 Å². The molecule has 9 heteroatoms. The van der Waals surface area contributed by atoms with Gasteiger partial charge < -0.3 is 29.3 Å². The minimum atomic E-state index is -0.494. The average Bonchev–Trinajstić information content (AvgIpc) is 3.27. The number of aliphatic imine (C=N–C) groups is 1. The number of carbonyl (C=O) groups is 1. The number of rotatable bonds is 9. The topological polar surface area (TPSA) is 75.6 Å². The Hall–Kier alpha value is -3.07. The van der Waals surface area contributed by atoms with Gasteiger partial charge in [0.15, 0.2) is 23.1 Å². The van der Waals surface area contributed by atoms with E-state index in [1.54, 1.807) is 14.2 Å². The molecule has 1 saturated heterocycles. The van der Waals surface area contributed by atoms with Gasteiger partial charge in [-0.1, -0.05) is 20.8 Å². The Balaban J connectivity index is 1.65. The van der Waals surface area contributed by atoms with Crippen molar-refractivity contribution in [2.75, 3.05) is 60.1 Å². The van der Waals surface area contributed by atoms with Crippen LogP contribution in [-0.4, -0.2) is 81.5 Å². The first-order chi connectivity index (χ1) is 18.6. The molecule has 3 aliphatic rings. The van der Waals surface area contributed by atoms with E-state index in [0.717, 1.165) is 48.8 Å². The van der Waals surface area contributed by atoms with E-state index in [0.29, 0.717) is 43.3 Å². The van der Waals surface area contributed by atoms with E-state index in [4.69, 9.17) is 14.2 Å². The lowest BCUT2D eigenvalue weighted by atomic mass is 9.72. The molecule has 1 aromatic carbocycles. The van der Waals surface area contributed by atoms with Crippen molar-refractivity contribution in [3.8, 4) is 11.5 Å². The fourth-order valence-corrected chi connectivity index (χ4v) is 5.74. The molecule has 1 atom stereocenters. The zero-order valence-electron chi connectivity index (χ0n) is 24.4.